The van der Waals surface area contributed by atoms with E-state index in [0.717, 1.165) is 39.1 Å². The molecule has 3 nitrogen and oxygen atoms in total. The Bertz CT molecular complexity index is 165. The van der Waals surface area contributed by atoms with Crippen LogP contribution in [-0.2, 0) is 15.5 Å². The van der Waals surface area contributed by atoms with Crippen LogP contribution >= 0.6 is 0 Å². The molecule has 92 valence electrons. The van der Waals surface area contributed by atoms with Gasteiger partial charge in [0.05, 0.1) is 6.61 Å². The maximum absolute atomic E-state index is 11.0. The molecule has 0 aliphatic heterocycles. The quantitative estimate of drug-likeness (QED) is 0.584. The van der Waals surface area contributed by atoms with Crippen molar-refractivity contribution < 1.29 is 8.95 Å². The maximum atomic E-state index is 11.0. The average molecular weight is 235 g/mol. The number of nitrogens with one attached hydrogen (secondary N) is 1. The summed E-state index contributed by atoms with van der Waals surface area (Å²) in [5, 5.41) is 3.58. The van der Waals surface area contributed by atoms with Crippen LogP contribution < -0.4 is 5.32 Å². The van der Waals surface area contributed by atoms with Crippen molar-refractivity contribution >= 4 is 10.8 Å². The lowest BCUT2D eigenvalue weighted by Gasteiger charge is -2.09. The third kappa shape index (κ3) is 10.4. The minimum Gasteiger partial charge on any atom is -0.380 e. The third-order valence-corrected chi connectivity index (χ3v) is 3.73. The maximum Gasteiger partial charge on any atom is 0.0590 e. The van der Waals surface area contributed by atoms with Crippen molar-refractivity contribution in [2.45, 2.75) is 38.4 Å². The van der Waals surface area contributed by atoms with Gasteiger partial charge in [-0.2, -0.15) is 0 Å². The van der Waals surface area contributed by atoms with E-state index in [1.54, 1.807) is 6.26 Å². The number of ether oxygens (including phenoxy) is 1. The molecule has 2 atom stereocenters. The first-order valence-corrected chi connectivity index (χ1v) is 7.41. The molecule has 0 rings (SSSR count). The summed E-state index contributed by atoms with van der Waals surface area (Å²) in [6, 6.07) is 0. The minimum absolute atomic E-state index is 0.290. The molecule has 0 aromatic heterocycles. The highest BCUT2D eigenvalue weighted by Gasteiger charge is 2.04. The van der Waals surface area contributed by atoms with Gasteiger partial charge in [-0.1, -0.05) is 20.3 Å². The molecule has 0 heterocycles. The van der Waals surface area contributed by atoms with Crippen molar-refractivity contribution in [2.75, 3.05) is 32.6 Å². The van der Waals surface area contributed by atoms with E-state index >= 15 is 0 Å². The van der Waals surface area contributed by atoms with E-state index in [1.165, 1.54) is 6.42 Å². The lowest BCUT2D eigenvalue weighted by atomic mass is 10.3. The first-order valence-electron chi connectivity index (χ1n) is 5.79. The number of hydrogen-bond acceptors (Lipinski definition) is 3. The lowest BCUT2D eigenvalue weighted by molar-refractivity contribution is 0.133. The van der Waals surface area contributed by atoms with Crippen LogP contribution in [0.25, 0.3) is 0 Å². The molecular formula is C11H25NO2S. The minimum atomic E-state index is -0.693. The molecule has 0 saturated carbocycles. The Balaban J connectivity index is 3.08. The fraction of sp³-hybridized carbons (Fsp3) is 1.00. The second-order valence-electron chi connectivity index (χ2n) is 3.81. The molecule has 0 saturated heterocycles. The van der Waals surface area contributed by atoms with Crippen molar-refractivity contribution in [3.05, 3.63) is 0 Å². The van der Waals surface area contributed by atoms with Crippen LogP contribution in [0.5, 0.6) is 0 Å². The Kier molecular flexibility index (Phi) is 10.6. The molecule has 0 radical (unpaired) electrons. The van der Waals surface area contributed by atoms with Gasteiger partial charge in [0.2, 0.25) is 0 Å². The summed E-state index contributed by atoms with van der Waals surface area (Å²) < 4.78 is 16.4. The van der Waals surface area contributed by atoms with E-state index in [2.05, 4.69) is 12.2 Å². The monoisotopic (exact) mass is 235 g/mol. The van der Waals surface area contributed by atoms with Crippen molar-refractivity contribution in [2.24, 2.45) is 0 Å². The van der Waals surface area contributed by atoms with Crippen molar-refractivity contribution in [3.8, 4) is 0 Å². The smallest absolute Gasteiger partial charge is 0.0590 e. The third-order valence-electron chi connectivity index (χ3n) is 2.36. The first-order chi connectivity index (χ1) is 7.18. The molecule has 0 aliphatic rings. The molecule has 2 unspecified atom stereocenters. The summed E-state index contributed by atoms with van der Waals surface area (Å²) in [5.74, 6) is 0. The van der Waals surface area contributed by atoms with E-state index in [0.29, 0.717) is 5.25 Å². The summed E-state index contributed by atoms with van der Waals surface area (Å²) in [7, 11) is -0.693. The van der Waals surface area contributed by atoms with Crippen molar-refractivity contribution in [3.63, 3.8) is 0 Å². The fourth-order valence-electron chi connectivity index (χ4n) is 1.09. The van der Waals surface area contributed by atoms with Crippen LogP contribution in [0, 0.1) is 0 Å². The molecule has 1 N–H and O–H groups in total. The number of unbranched alkanes of at least 4 members (excludes halogenated alkanes) is 1. The average Bonchev–Trinajstić information content (AvgIpc) is 2.21. The van der Waals surface area contributed by atoms with E-state index in [-0.39, 0.29) is 0 Å². The molecule has 0 bridgehead atoms. The largest absolute Gasteiger partial charge is 0.380 e. The summed E-state index contributed by atoms with van der Waals surface area (Å²) in [4.78, 5) is 0. The molecule has 0 aliphatic carbocycles. The highest BCUT2D eigenvalue weighted by atomic mass is 32.2. The second kappa shape index (κ2) is 10.6. The van der Waals surface area contributed by atoms with Gasteiger partial charge in [0.15, 0.2) is 0 Å². The Labute approximate surface area is 96.4 Å². The fourth-order valence-corrected chi connectivity index (χ4v) is 1.54. The van der Waals surface area contributed by atoms with Crippen LogP contribution in [0.1, 0.15) is 33.1 Å². The molecule has 0 aromatic rings. The van der Waals surface area contributed by atoms with Gasteiger partial charge in [0.25, 0.3) is 0 Å². The van der Waals surface area contributed by atoms with Crippen molar-refractivity contribution in [1.82, 2.24) is 5.32 Å². The first kappa shape index (κ1) is 15.1. The van der Waals surface area contributed by atoms with Gasteiger partial charge in [0, 0.05) is 35.5 Å². The van der Waals surface area contributed by atoms with E-state index in [1.807, 2.05) is 6.92 Å². The zero-order valence-electron chi connectivity index (χ0n) is 10.3. The SMILES string of the molecule is CCCCOCCNCCC(C)S(C)=O. The standard InChI is InChI=1S/C11H25NO2S/c1-4-5-9-14-10-8-12-7-6-11(2)15(3)13/h11-12H,4-10H2,1-3H3. The highest BCUT2D eigenvalue weighted by molar-refractivity contribution is 7.84. The lowest BCUT2D eigenvalue weighted by Crippen LogP contribution is -2.24. The van der Waals surface area contributed by atoms with Gasteiger partial charge in [0.1, 0.15) is 0 Å². The Hall–Kier alpha value is 0.0700. The molecular weight excluding hydrogens is 210 g/mol. The molecule has 0 aromatic carbocycles. The molecule has 0 spiro atoms. The molecule has 0 amide bonds. The molecule has 15 heavy (non-hydrogen) atoms. The predicted octanol–water partition coefficient (Wildman–Crippen LogP) is 1.55. The van der Waals surface area contributed by atoms with Crippen LogP contribution in [0.15, 0.2) is 0 Å². The molecule has 0 fully saturated rings. The van der Waals surface area contributed by atoms with Crippen molar-refractivity contribution in [1.29, 1.82) is 0 Å². The van der Waals surface area contributed by atoms with Crippen LogP contribution in [0.3, 0.4) is 0 Å². The van der Waals surface area contributed by atoms with Crippen LogP contribution in [-0.4, -0.2) is 42.0 Å². The van der Waals surface area contributed by atoms with E-state index in [4.69, 9.17) is 4.74 Å². The zero-order chi connectivity index (χ0) is 11.5. The van der Waals surface area contributed by atoms with Crippen LogP contribution in [0.4, 0.5) is 0 Å². The van der Waals surface area contributed by atoms with E-state index in [9.17, 15) is 4.21 Å². The topological polar surface area (TPSA) is 38.3 Å². The number of hydrogen-bond donors (Lipinski definition) is 1. The second-order valence-corrected chi connectivity index (χ2v) is 5.62. The van der Waals surface area contributed by atoms with E-state index < -0.39 is 10.8 Å². The predicted molar refractivity (Wildman–Crippen MR) is 66.7 cm³/mol. The Morgan fingerprint density at radius 2 is 2.07 bits per heavy atom. The summed E-state index contributed by atoms with van der Waals surface area (Å²) >= 11 is 0. The molecule has 4 heteroatoms. The highest BCUT2D eigenvalue weighted by Crippen LogP contribution is 1.96. The van der Waals surface area contributed by atoms with Gasteiger partial charge in [-0.15, -0.1) is 0 Å². The van der Waals surface area contributed by atoms with Gasteiger partial charge in [-0.3, -0.25) is 4.21 Å². The van der Waals surface area contributed by atoms with Gasteiger partial charge in [-0.25, -0.2) is 0 Å². The number of rotatable bonds is 10. The summed E-state index contributed by atoms with van der Waals surface area (Å²) in [6.45, 7) is 7.66. The zero-order valence-corrected chi connectivity index (χ0v) is 11.1. The summed E-state index contributed by atoms with van der Waals surface area (Å²) in [5.41, 5.74) is 0. The van der Waals surface area contributed by atoms with Crippen LogP contribution in [0.2, 0.25) is 0 Å². The normalized spacial score (nSPS) is 15.1. The van der Waals surface area contributed by atoms with Gasteiger partial charge >= 0.3 is 0 Å². The van der Waals surface area contributed by atoms with Gasteiger partial charge < -0.3 is 10.1 Å². The Morgan fingerprint density at radius 3 is 2.67 bits per heavy atom. The van der Waals surface area contributed by atoms with Gasteiger partial charge in [-0.05, 0) is 19.4 Å². The summed E-state index contributed by atoms with van der Waals surface area (Å²) in [6.07, 6.45) is 5.07. The Morgan fingerprint density at radius 1 is 1.33 bits per heavy atom.